The number of aryl methyl sites for hydroxylation is 1. The Morgan fingerprint density at radius 3 is 2.72 bits per heavy atom. The Morgan fingerprint density at radius 2 is 2.04 bits per heavy atom. The fourth-order valence-electron chi connectivity index (χ4n) is 1.93. The van der Waals surface area contributed by atoms with Crippen LogP contribution in [-0.2, 0) is 10.0 Å². The van der Waals surface area contributed by atoms with E-state index in [4.69, 9.17) is 16.1 Å². The summed E-state index contributed by atoms with van der Waals surface area (Å²) in [4.78, 5) is 12.4. The number of para-hydroxylation sites is 1. The molecule has 3 aromatic rings. The molecule has 0 bridgehead atoms. The molecule has 25 heavy (non-hydrogen) atoms. The van der Waals surface area contributed by atoms with E-state index in [2.05, 4.69) is 15.2 Å². The van der Waals surface area contributed by atoms with Crippen LogP contribution >= 0.6 is 22.9 Å². The van der Waals surface area contributed by atoms with Gasteiger partial charge in [0.15, 0.2) is 5.82 Å². The van der Waals surface area contributed by atoms with Crippen LogP contribution in [0.15, 0.2) is 51.2 Å². The molecule has 0 fully saturated rings. The first kappa shape index (κ1) is 17.5. The molecule has 0 aliphatic carbocycles. The van der Waals surface area contributed by atoms with E-state index >= 15 is 0 Å². The maximum atomic E-state index is 12.4. The first-order valence-corrected chi connectivity index (χ1v) is 9.70. The highest BCUT2D eigenvalue weighted by atomic mass is 35.5. The number of carbonyl (C=O) groups excluding carboxylic acids is 1. The fraction of sp³-hybridized carbons (Fsp3) is 0.0667. The third kappa shape index (κ3) is 4.01. The topological polar surface area (TPSA) is 101 Å². The van der Waals surface area contributed by atoms with Gasteiger partial charge in [-0.2, -0.15) is 0 Å². The van der Waals surface area contributed by atoms with Crippen molar-refractivity contribution in [3.05, 3.63) is 57.4 Å². The highest BCUT2D eigenvalue weighted by Crippen LogP contribution is 2.26. The lowest BCUT2D eigenvalue weighted by molar-refractivity contribution is 0.102. The summed E-state index contributed by atoms with van der Waals surface area (Å²) in [6.07, 6.45) is 0. The average Bonchev–Trinajstić information content (AvgIpc) is 3.19. The van der Waals surface area contributed by atoms with Gasteiger partial charge < -0.3 is 9.84 Å². The monoisotopic (exact) mass is 397 g/mol. The summed E-state index contributed by atoms with van der Waals surface area (Å²) in [5.74, 6) is 0.334. The molecule has 0 unspecified atom stereocenters. The second-order valence-corrected chi connectivity index (χ2v) is 8.01. The van der Waals surface area contributed by atoms with Gasteiger partial charge in [-0.25, -0.2) is 8.42 Å². The molecule has 0 aliphatic heterocycles. The standard InChI is InChI=1S/C15H12ClN3O4S2/c1-9-6-14(18-23-9)17-15(20)13-7-10(8-24-13)25(21,22)19-12-5-3-2-4-11(12)16/h2-8,19H,1H3,(H,17,18,20). The molecule has 2 aromatic heterocycles. The van der Waals surface area contributed by atoms with Crippen LogP contribution < -0.4 is 10.0 Å². The first-order valence-electron chi connectivity index (χ1n) is 6.96. The van der Waals surface area contributed by atoms with Gasteiger partial charge in [-0.1, -0.05) is 28.9 Å². The van der Waals surface area contributed by atoms with Crippen LogP contribution in [0.25, 0.3) is 0 Å². The second kappa shape index (κ2) is 6.87. The van der Waals surface area contributed by atoms with E-state index in [-0.39, 0.29) is 26.3 Å². The molecule has 2 N–H and O–H groups in total. The van der Waals surface area contributed by atoms with Crippen LogP contribution in [0.1, 0.15) is 15.4 Å². The Morgan fingerprint density at radius 1 is 1.28 bits per heavy atom. The Balaban J connectivity index is 1.78. The number of nitrogens with one attached hydrogen (secondary N) is 2. The number of benzene rings is 1. The van der Waals surface area contributed by atoms with Crippen LogP contribution in [0.5, 0.6) is 0 Å². The third-order valence-electron chi connectivity index (χ3n) is 3.10. The maximum absolute atomic E-state index is 12.4. The van der Waals surface area contributed by atoms with Gasteiger partial charge in [0.1, 0.15) is 5.76 Å². The zero-order valence-corrected chi connectivity index (χ0v) is 15.2. The number of thiophene rings is 1. The number of carbonyl (C=O) groups is 1. The van der Waals surface area contributed by atoms with Gasteiger partial charge in [-0.05, 0) is 25.1 Å². The van der Waals surface area contributed by atoms with Gasteiger partial charge in [0.25, 0.3) is 15.9 Å². The summed E-state index contributed by atoms with van der Waals surface area (Å²) < 4.78 is 32.1. The van der Waals surface area contributed by atoms with Crippen molar-refractivity contribution >= 4 is 50.4 Å². The zero-order valence-electron chi connectivity index (χ0n) is 12.8. The molecule has 0 saturated heterocycles. The quantitative estimate of drug-likeness (QED) is 0.682. The number of rotatable bonds is 5. The average molecular weight is 398 g/mol. The van der Waals surface area contributed by atoms with Crippen molar-refractivity contribution in [1.29, 1.82) is 0 Å². The number of anilines is 2. The molecular formula is C15H12ClN3O4S2. The molecule has 0 spiro atoms. The number of nitrogens with zero attached hydrogens (tertiary/aromatic N) is 1. The minimum Gasteiger partial charge on any atom is -0.360 e. The molecule has 0 atom stereocenters. The summed E-state index contributed by atoms with van der Waals surface area (Å²) in [5, 5.41) is 7.84. The van der Waals surface area contributed by atoms with Crippen LogP contribution in [0.3, 0.4) is 0 Å². The number of amides is 1. The van der Waals surface area contributed by atoms with Crippen molar-refractivity contribution in [1.82, 2.24) is 5.16 Å². The smallest absolute Gasteiger partial charge is 0.267 e. The Hall–Kier alpha value is -2.36. The Bertz CT molecular complexity index is 1030. The van der Waals surface area contributed by atoms with Gasteiger partial charge in [0.05, 0.1) is 20.5 Å². The highest BCUT2D eigenvalue weighted by Gasteiger charge is 2.20. The number of sulfonamides is 1. The molecule has 2 heterocycles. The predicted molar refractivity (Wildman–Crippen MR) is 95.8 cm³/mol. The fourth-order valence-corrected chi connectivity index (χ4v) is 4.42. The lowest BCUT2D eigenvalue weighted by Crippen LogP contribution is -2.13. The van der Waals surface area contributed by atoms with Crippen molar-refractivity contribution in [2.45, 2.75) is 11.8 Å². The van der Waals surface area contributed by atoms with Gasteiger partial charge >= 0.3 is 0 Å². The summed E-state index contributed by atoms with van der Waals surface area (Å²) in [5.41, 5.74) is 0.263. The Kier molecular flexibility index (Phi) is 4.80. The second-order valence-electron chi connectivity index (χ2n) is 5.01. The van der Waals surface area contributed by atoms with Crippen LogP contribution in [-0.4, -0.2) is 19.5 Å². The minimum absolute atomic E-state index is 0.0288. The van der Waals surface area contributed by atoms with Gasteiger partial charge in [0, 0.05) is 11.4 Å². The molecule has 0 aliphatic rings. The lowest BCUT2D eigenvalue weighted by atomic mass is 10.3. The molecule has 1 amide bonds. The molecule has 130 valence electrons. The van der Waals surface area contributed by atoms with E-state index in [9.17, 15) is 13.2 Å². The van der Waals surface area contributed by atoms with E-state index in [1.807, 2.05) is 0 Å². The number of halogens is 1. The third-order valence-corrected chi connectivity index (χ3v) is 5.85. The zero-order chi connectivity index (χ0) is 18.0. The van der Waals surface area contributed by atoms with Gasteiger partial charge in [0.2, 0.25) is 0 Å². The molecular weight excluding hydrogens is 386 g/mol. The van der Waals surface area contributed by atoms with Crippen LogP contribution in [0.4, 0.5) is 11.5 Å². The molecule has 0 radical (unpaired) electrons. The number of hydrogen-bond donors (Lipinski definition) is 2. The molecule has 0 saturated carbocycles. The highest BCUT2D eigenvalue weighted by molar-refractivity contribution is 7.92. The van der Waals surface area contributed by atoms with E-state index in [0.717, 1.165) is 11.3 Å². The van der Waals surface area contributed by atoms with Crippen molar-refractivity contribution < 1.29 is 17.7 Å². The predicted octanol–water partition coefficient (Wildman–Crippen LogP) is 3.75. The van der Waals surface area contributed by atoms with E-state index in [0.29, 0.717) is 5.76 Å². The van der Waals surface area contributed by atoms with Gasteiger partial charge in [-0.3, -0.25) is 9.52 Å². The lowest BCUT2D eigenvalue weighted by Gasteiger charge is -2.07. The van der Waals surface area contributed by atoms with E-state index in [1.54, 1.807) is 37.3 Å². The SMILES string of the molecule is Cc1cc(NC(=O)c2cc(S(=O)(=O)Nc3ccccc3Cl)cs2)no1. The summed E-state index contributed by atoms with van der Waals surface area (Å²) in [6.45, 7) is 1.69. The molecule has 7 nitrogen and oxygen atoms in total. The summed E-state index contributed by atoms with van der Waals surface area (Å²) in [6, 6.07) is 9.32. The van der Waals surface area contributed by atoms with Crippen LogP contribution in [0, 0.1) is 6.92 Å². The van der Waals surface area contributed by atoms with Crippen LogP contribution in [0.2, 0.25) is 5.02 Å². The minimum atomic E-state index is -3.86. The normalized spacial score (nSPS) is 11.3. The number of hydrogen-bond acceptors (Lipinski definition) is 6. The summed E-state index contributed by atoms with van der Waals surface area (Å²) >= 11 is 6.96. The van der Waals surface area contributed by atoms with Crippen molar-refractivity contribution in [3.8, 4) is 0 Å². The molecule has 1 aromatic carbocycles. The maximum Gasteiger partial charge on any atom is 0.267 e. The largest absolute Gasteiger partial charge is 0.360 e. The van der Waals surface area contributed by atoms with E-state index < -0.39 is 15.9 Å². The van der Waals surface area contributed by atoms with Gasteiger partial charge in [-0.15, -0.1) is 11.3 Å². The molecule has 3 rings (SSSR count). The molecule has 10 heteroatoms. The van der Waals surface area contributed by atoms with Crippen molar-refractivity contribution in [3.63, 3.8) is 0 Å². The first-order chi connectivity index (χ1) is 11.8. The number of aromatic nitrogens is 1. The van der Waals surface area contributed by atoms with E-state index in [1.165, 1.54) is 11.4 Å². The van der Waals surface area contributed by atoms with Crippen molar-refractivity contribution in [2.24, 2.45) is 0 Å². The summed E-state index contributed by atoms with van der Waals surface area (Å²) in [7, 11) is -3.86. The Labute approximate surface area is 152 Å². The van der Waals surface area contributed by atoms with Crippen molar-refractivity contribution in [2.75, 3.05) is 10.0 Å².